The normalized spacial score (nSPS) is 15.8. The molecule has 0 unspecified atom stereocenters. The van der Waals surface area contributed by atoms with Crippen LogP contribution < -0.4 is 5.69 Å². The molecule has 2 rings (SSSR count). The number of aromatic nitrogens is 2. The average molecular weight is 273 g/mol. The number of aryl methyl sites for hydroxylation is 1. The molecular formula is C11H17BrN2O. The van der Waals surface area contributed by atoms with E-state index in [9.17, 15) is 4.79 Å². The molecule has 84 valence electrons. The molecule has 0 radical (unpaired) electrons. The lowest BCUT2D eigenvalue weighted by Crippen LogP contribution is -2.23. The zero-order valence-electron chi connectivity index (χ0n) is 8.86. The van der Waals surface area contributed by atoms with Gasteiger partial charge in [0.2, 0.25) is 0 Å². The first-order valence-electron chi connectivity index (χ1n) is 5.66. The number of hydrogen-bond acceptors (Lipinski definition) is 1. The SMILES string of the molecule is O=c1n(CCCCCBr)ccn1C1CC1. The smallest absolute Gasteiger partial charge is 0.299 e. The number of rotatable bonds is 6. The minimum absolute atomic E-state index is 0.177. The van der Waals surface area contributed by atoms with Gasteiger partial charge in [0, 0.05) is 30.3 Å². The summed E-state index contributed by atoms with van der Waals surface area (Å²) in [5.74, 6) is 0. The van der Waals surface area contributed by atoms with Crippen LogP contribution >= 0.6 is 15.9 Å². The molecule has 0 N–H and O–H groups in total. The third kappa shape index (κ3) is 2.74. The van der Waals surface area contributed by atoms with Gasteiger partial charge in [0.25, 0.3) is 0 Å². The molecule has 0 bridgehead atoms. The maximum absolute atomic E-state index is 11.8. The Balaban J connectivity index is 1.88. The van der Waals surface area contributed by atoms with Crippen molar-refractivity contribution in [1.82, 2.24) is 9.13 Å². The topological polar surface area (TPSA) is 26.9 Å². The van der Waals surface area contributed by atoms with Crippen molar-refractivity contribution in [2.45, 2.75) is 44.7 Å². The number of hydrogen-bond donors (Lipinski definition) is 0. The molecule has 0 spiro atoms. The van der Waals surface area contributed by atoms with Crippen molar-refractivity contribution in [1.29, 1.82) is 0 Å². The van der Waals surface area contributed by atoms with E-state index in [1.165, 1.54) is 25.7 Å². The summed E-state index contributed by atoms with van der Waals surface area (Å²) in [6.45, 7) is 0.867. The Bertz CT molecular complexity index is 365. The van der Waals surface area contributed by atoms with Gasteiger partial charge in [0.05, 0.1) is 0 Å². The van der Waals surface area contributed by atoms with Gasteiger partial charge in [-0.2, -0.15) is 0 Å². The van der Waals surface area contributed by atoms with E-state index in [0.717, 1.165) is 18.3 Å². The zero-order chi connectivity index (χ0) is 10.7. The van der Waals surface area contributed by atoms with Crippen LogP contribution in [0, 0.1) is 0 Å². The maximum Gasteiger partial charge on any atom is 0.328 e. The van der Waals surface area contributed by atoms with Crippen LogP contribution in [0.4, 0.5) is 0 Å². The van der Waals surface area contributed by atoms with Gasteiger partial charge in [-0.1, -0.05) is 22.4 Å². The first-order valence-corrected chi connectivity index (χ1v) is 6.78. The molecule has 1 aromatic rings. The zero-order valence-corrected chi connectivity index (χ0v) is 10.4. The van der Waals surface area contributed by atoms with E-state index in [4.69, 9.17) is 0 Å². The van der Waals surface area contributed by atoms with Gasteiger partial charge in [-0.3, -0.25) is 9.13 Å². The third-order valence-electron chi connectivity index (χ3n) is 2.85. The van der Waals surface area contributed by atoms with E-state index in [-0.39, 0.29) is 5.69 Å². The summed E-state index contributed by atoms with van der Waals surface area (Å²) in [4.78, 5) is 11.8. The summed E-state index contributed by atoms with van der Waals surface area (Å²) in [5.41, 5.74) is 0.177. The van der Waals surface area contributed by atoms with Crippen LogP contribution in [0.5, 0.6) is 0 Å². The van der Waals surface area contributed by atoms with Gasteiger partial charge in [0.15, 0.2) is 0 Å². The highest BCUT2D eigenvalue weighted by Gasteiger charge is 2.25. The highest BCUT2D eigenvalue weighted by atomic mass is 79.9. The van der Waals surface area contributed by atoms with Crippen LogP contribution in [0.2, 0.25) is 0 Å². The lowest BCUT2D eigenvalue weighted by Gasteiger charge is -2.00. The van der Waals surface area contributed by atoms with Gasteiger partial charge < -0.3 is 0 Å². The molecule has 1 aliphatic rings. The number of nitrogens with zero attached hydrogens (tertiary/aromatic N) is 2. The third-order valence-corrected chi connectivity index (χ3v) is 3.41. The molecule has 0 aromatic carbocycles. The van der Waals surface area contributed by atoms with Gasteiger partial charge in [0.1, 0.15) is 0 Å². The van der Waals surface area contributed by atoms with Crippen LogP contribution in [-0.2, 0) is 6.54 Å². The molecule has 3 nitrogen and oxygen atoms in total. The van der Waals surface area contributed by atoms with Gasteiger partial charge in [-0.25, -0.2) is 4.79 Å². The summed E-state index contributed by atoms with van der Waals surface area (Å²) < 4.78 is 3.72. The van der Waals surface area contributed by atoms with Crippen LogP contribution in [0.1, 0.15) is 38.1 Å². The van der Waals surface area contributed by atoms with E-state index in [1.807, 2.05) is 21.5 Å². The maximum atomic E-state index is 11.8. The van der Waals surface area contributed by atoms with E-state index in [1.54, 1.807) is 0 Å². The van der Waals surface area contributed by atoms with Gasteiger partial charge in [-0.05, 0) is 25.7 Å². The molecule has 0 amide bonds. The fourth-order valence-electron chi connectivity index (χ4n) is 1.78. The molecule has 1 aliphatic carbocycles. The first-order chi connectivity index (χ1) is 7.33. The molecule has 1 saturated carbocycles. The van der Waals surface area contributed by atoms with Crippen LogP contribution in [0.25, 0.3) is 0 Å². The molecule has 4 heteroatoms. The summed E-state index contributed by atoms with van der Waals surface area (Å²) in [7, 11) is 0. The molecule has 1 aromatic heterocycles. The van der Waals surface area contributed by atoms with E-state index < -0.39 is 0 Å². The standard InChI is InChI=1S/C11H17BrN2O/c12-6-2-1-3-7-13-8-9-14(11(13)15)10-4-5-10/h8-10H,1-7H2. The van der Waals surface area contributed by atoms with Crippen LogP contribution in [0.3, 0.4) is 0 Å². The predicted octanol–water partition coefficient (Wildman–Crippen LogP) is 2.55. The van der Waals surface area contributed by atoms with Crippen molar-refractivity contribution in [2.24, 2.45) is 0 Å². The number of imidazole rings is 1. The summed E-state index contributed by atoms with van der Waals surface area (Å²) in [6, 6.07) is 0.501. The molecule has 0 saturated heterocycles. The Morgan fingerprint density at radius 3 is 2.73 bits per heavy atom. The molecule has 0 atom stereocenters. The van der Waals surface area contributed by atoms with Crippen molar-refractivity contribution >= 4 is 15.9 Å². The molecular weight excluding hydrogens is 256 g/mol. The van der Waals surface area contributed by atoms with Crippen LogP contribution in [-0.4, -0.2) is 14.5 Å². The second kappa shape index (κ2) is 5.01. The highest BCUT2D eigenvalue weighted by molar-refractivity contribution is 9.09. The molecule has 1 fully saturated rings. The lowest BCUT2D eigenvalue weighted by molar-refractivity contribution is 0.570. The Morgan fingerprint density at radius 1 is 1.27 bits per heavy atom. The predicted molar refractivity (Wildman–Crippen MR) is 64.6 cm³/mol. The van der Waals surface area contributed by atoms with Crippen molar-refractivity contribution < 1.29 is 0 Å². The molecule has 15 heavy (non-hydrogen) atoms. The summed E-state index contributed by atoms with van der Waals surface area (Å²) >= 11 is 3.41. The molecule has 0 aliphatic heterocycles. The number of halogens is 1. The first kappa shape index (κ1) is 11.0. The van der Waals surface area contributed by atoms with Crippen molar-refractivity contribution in [3.05, 3.63) is 22.9 Å². The Morgan fingerprint density at radius 2 is 2.07 bits per heavy atom. The van der Waals surface area contributed by atoms with Gasteiger partial charge >= 0.3 is 5.69 Å². The van der Waals surface area contributed by atoms with Crippen molar-refractivity contribution in [3.8, 4) is 0 Å². The minimum Gasteiger partial charge on any atom is -0.299 e. The minimum atomic E-state index is 0.177. The average Bonchev–Trinajstić information content (AvgIpc) is 3.00. The largest absolute Gasteiger partial charge is 0.328 e. The van der Waals surface area contributed by atoms with E-state index in [2.05, 4.69) is 15.9 Å². The Kier molecular flexibility index (Phi) is 3.67. The Hall–Kier alpha value is -0.510. The quantitative estimate of drug-likeness (QED) is 0.578. The summed E-state index contributed by atoms with van der Waals surface area (Å²) in [6.07, 6.45) is 9.69. The molecule has 1 heterocycles. The summed E-state index contributed by atoms with van der Waals surface area (Å²) in [5, 5.41) is 1.06. The lowest BCUT2D eigenvalue weighted by atomic mass is 10.2. The fraction of sp³-hybridized carbons (Fsp3) is 0.727. The van der Waals surface area contributed by atoms with Crippen molar-refractivity contribution in [2.75, 3.05) is 5.33 Å². The monoisotopic (exact) mass is 272 g/mol. The highest BCUT2D eigenvalue weighted by Crippen LogP contribution is 2.33. The Labute approximate surface area is 98.2 Å². The second-order valence-electron chi connectivity index (χ2n) is 4.16. The van der Waals surface area contributed by atoms with E-state index in [0.29, 0.717) is 6.04 Å². The van der Waals surface area contributed by atoms with E-state index >= 15 is 0 Å². The van der Waals surface area contributed by atoms with Crippen molar-refractivity contribution in [3.63, 3.8) is 0 Å². The fourth-order valence-corrected chi connectivity index (χ4v) is 2.18. The second-order valence-corrected chi connectivity index (χ2v) is 4.96. The van der Waals surface area contributed by atoms with Gasteiger partial charge in [-0.15, -0.1) is 0 Å². The number of unbranched alkanes of at least 4 members (excludes halogenated alkanes) is 2. The number of alkyl halides is 1. The van der Waals surface area contributed by atoms with Crippen LogP contribution in [0.15, 0.2) is 17.2 Å².